The van der Waals surface area contributed by atoms with Crippen LogP contribution in [0.3, 0.4) is 0 Å². The van der Waals surface area contributed by atoms with Crippen molar-refractivity contribution in [3.63, 3.8) is 0 Å². The molecule has 4 nitrogen and oxygen atoms in total. The molecule has 3 aromatic carbocycles. The number of nitrogens with zero attached hydrogens (tertiary/aromatic N) is 2. The van der Waals surface area contributed by atoms with E-state index < -0.39 is 0 Å². The Morgan fingerprint density at radius 3 is 2.21 bits per heavy atom. The highest BCUT2D eigenvalue weighted by molar-refractivity contribution is 5.98. The van der Waals surface area contributed by atoms with Gasteiger partial charge in [0.15, 0.2) is 0 Å². The summed E-state index contributed by atoms with van der Waals surface area (Å²) in [5.41, 5.74) is 6.81. The van der Waals surface area contributed by atoms with E-state index in [2.05, 4.69) is 68.1 Å². The van der Waals surface area contributed by atoms with Gasteiger partial charge in [0, 0.05) is 25.9 Å². The highest BCUT2D eigenvalue weighted by Crippen LogP contribution is 2.27. The first-order chi connectivity index (χ1) is 15.9. The second-order valence-corrected chi connectivity index (χ2v) is 8.78. The molecule has 0 aliphatic rings. The van der Waals surface area contributed by atoms with Crippen LogP contribution in [0.2, 0.25) is 0 Å². The standard InChI is InChI=1S/C29H36N2O2/c1-22-11-14-25(15-12-22)17-18-31(27-16-13-23(2)24(3)21-27)29(32)28(30(4)19-20-33-5)26-9-7-6-8-10-26/h6-16,21,28H,17-20H2,1-5H3. The maximum atomic E-state index is 14.2. The van der Waals surface area contributed by atoms with Crippen molar-refractivity contribution in [2.75, 3.05) is 38.8 Å². The van der Waals surface area contributed by atoms with Crippen molar-refractivity contribution in [1.82, 2.24) is 4.90 Å². The van der Waals surface area contributed by atoms with Crippen LogP contribution < -0.4 is 4.90 Å². The minimum Gasteiger partial charge on any atom is -0.383 e. The number of benzene rings is 3. The number of hydrogen-bond acceptors (Lipinski definition) is 3. The van der Waals surface area contributed by atoms with Gasteiger partial charge in [0.25, 0.3) is 0 Å². The van der Waals surface area contributed by atoms with E-state index in [1.54, 1.807) is 7.11 Å². The Labute approximate surface area is 198 Å². The van der Waals surface area contributed by atoms with E-state index in [1.807, 2.05) is 42.3 Å². The maximum absolute atomic E-state index is 14.2. The number of carbonyl (C=O) groups excluding carboxylic acids is 1. The minimum absolute atomic E-state index is 0.0789. The largest absolute Gasteiger partial charge is 0.383 e. The van der Waals surface area contributed by atoms with Gasteiger partial charge in [-0.1, -0.05) is 66.2 Å². The molecule has 0 saturated heterocycles. The molecule has 0 spiro atoms. The van der Waals surface area contributed by atoms with Gasteiger partial charge in [0.05, 0.1) is 6.61 Å². The average molecular weight is 445 g/mol. The van der Waals surface area contributed by atoms with Crippen molar-refractivity contribution >= 4 is 11.6 Å². The number of ether oxygens (including phenoxy) is 1. The summed E-state index contributed by atoms with van der Waals surface area (Å²) in [6.07, 6.45) is 0.794. The van der Waals surface area contributed by atoms with Crippen LogP contribution in [-0.2, 0) is 16.0 Å². The first-order valence-electron chi connectivity index (χ1n) is 11.6. The van der Waals surface area contributed by atoms with E-state index in [9.17, 15) is 4.79 Å². The zero-order chi connectivity index (χ0) is 23.8. The zero-order valence-electron chi connectivity index (χ0n) is 20.5. The molecule has 1 amide bonds. The number of anilines is 1. The fourth-order valence-corrected chi connectivity index (χ4v) is 3.99. The highest BCUT2D eigenvalue weighted by atomic mass is 16.5. The van der Waals surface area contributed by atoms with Gasteiger partial charge < -0.3 is 9.64 Å². The third-order valence-electron chi connectivity index (χ3n) is 6.25. The van der Waals surface area contributed by atoms with E-state index in [0.29, 0.717) is 19.7 Å². The lowest BCUT2D eigenvalue weighted by molar-refractivity contribution is -0.123. The van der Waals surface area contributed by atoms with Crippen molar-refractivity contribution in [3.8, 4) is 0 Å². The summed E-state index contributed by atoms with van der Waals surface area (Å²) < 4.78 is 5.30. The Balaban J connectivity index is 1.96. The second-order valence-electron chi connectivity index (χ2n) is 8.78. The molecular weight excluding hydrogens is 408 g/mol. The first kappa shape index (κ1) is 24.7. The fraction of sp³-hybridized carbons (Fsp3) is 0.345. The van der Waals surface area contributed by atoms with Crippen LogP contribution in [0.25, 0.3) is 0 Å². The minimum atomic E-state index is -0.388. The summed E-state index contributed by atoms with van der Waals surface area (Å²) in [6.45, 7) is 8.14. The number of amides is 1. The lowest BCUT2D eigenvalue weighted by atomic mass is 10.0. The van der Waals surface area contributed by atoms with Crippen molar-refractivity contribution in [2.45, 2.75) is 33.2 Å². The number of likely N-dealkylation sites (N-methyl/N-ethyl adjacent to an activating group) is 1. The lowest BCUT2D eigenvalue weighted by Gasteiger charge is -2.33. The number of rotatable bonds is 10. The van der Waals surface area contributed by atoms with Crippen LogP contribution in [0.1, 0.15) is 33.9 Å². The fourth-order valence-electron chi connectivity index (χ4n) is 3.99. The molecule has 33 heavy (non-hydrogen) atoms. The first-order valence-corrected chi connectivity index (χ1v) is 11.6. The highest BCUT2D eigenvalue weighted by Gasteiger charge is 2.30. The van der Waals surface area contributed by atoms with Crippen molar-refractivity contribution in [1.29, 1.82) is 0 Å². The van der Waals surface area contributed by atoms with E-state index >= 15 is 0 Å². The topological polar surface area (TPSA) is 32.8 Å². The monoisotopic (exact) mass is 444 g/mol. The van der Waals surface area contributed by atoms with Crippen LogP contribution in [0.4, 0.5) is 5.69 Å². The molecule has 3 aromatic rings. The van der Waals surface area contributed by atoms with E-state index in [0.717, 1.165) is 17.7 Å². The molecule has 1 atom stereocenters. The molecule has 0 aliphatic heterocycles. The molecule has 0 heterocycles. The van der Waals surface area contributed by atoms with Crippen molar-refractivity contribution in [3.05, 3.63) is 101 Å². The molecule has 0 aliphatic carbocycles. The van der Waals surface area contributed by atoms with Crippen LogP contribution >= 0.6 is 0 Å². The summed E-state index contributed by atoms with van der Waals surface area (Å²) in [5, 5.41) is 0. The van der Waals surface area contributed by atoms with Gasteiger partial charge in [-0.2, -0.15) is 0 Å². The van der Waals surface area contributed by atoms with E-state index in [4.69, 9.17) is 4.74 Å². The van der Waals surface area contributed by atoms with Crippen LogP contribution in [-0.4, -0.2) is 44.7 Å². The third-order valence-corrected chi connectivity index (χ3v) is 6.25. The molecule has 0 radical (unpaired) electrons. The Morgan fingerprint density at radius 1 is 0.879 bits per heavy atom. The zero-order valence-corrected chi connectivity index (χ0v) is 20.5. The molecule has 0 saturated carbocycles. The lowest BCUT2D eigenvalue weighted by Crippen LogP contribution is -2.43. The van der Waals surface area contributed by atoms with Crippen molar-refractivity contribution < 1.29 is 9.53 Å². The smallest absolute Gasteiger partial charge is 0.248 e. The molecule has 4 heteroatoms. The van der Waals surface area contributed by atoms with Crippen LogP contribution in [0, 0.1) is 20.8 Å². The Bertz CT molecular complexity index is 1030. The Hall–Kier alpha value is -2.95. The average Bonchev–Trinajstić information content (AvgIpc) is 2.82. The number of aryl methyl sites for hydroxylation is 3. The van der Waals surface area contributed by atoms with Crippen LogP contribution in [0.15, 0.2) is 72.8 Å². The van der Waals surface area contributed by atoms with Crippen LogP contribution in [0.5, 0.6) is 0 Å². The molecular formula is C29H36N2O2. The van der Waals surface area contributed by atoms with E-state index in [1.165, 1.54) is 22.3 Å². The van der Waals surface area contributed by atoms with Gasteiger partial charge in [-0.3, -0.25) is 9.69 Å². The number of methoxy groups -OCH3 is 1. The Morgan fingerprint density at radius 2 is 1.58 bits per heavy atom. The number of hydrogen-bond donors (Lipinski definition) is 0. The SMILES string of the molecule is COCCN(C)C(C(=O)N(CCc1ccc(C)cc1)c1ccc(C)c(C)c1)c1ccccc1. The van der Waals surface area contributed by atoms with Gasteiger partial charge in [-0.05, 0) is 68.6 Å². The Kier molecular flexibility index (Phi) is 8.81. The quantitative estimate of drug-likeness (QED) is 0.414. The van der Waals surface area contributed by atoms with Crippen molar-refractivity contribution in [2.24, 2.45) is 0 Å². The van der Waals surface area contributed by atoms with E-state index in [-0.39, 0.29) is 11.9 Å². The summed E-state index contributed by atoms with van der Waals surface area (Å²) >= 11 is 0. The van der Waals surface area contributed by atoms with Gasteiger partial charge >= 0.3 is 0 Å². The predicted octanol–water partition coefficient (Wildman–Crippen LogP) is 5.51. The van der Waals surface area contributed by atoms with Gasteiger partial charge in [-0.25, -0.2) is 0 Å². The second kappa shape index (κ2) is 11.8. The summed E-state index contributed by atoms with van der Waals surface area (Å²) in [6, 6.07) is 24.5. The third kappa shape index (κ3) is 6.53. The molecule has 0 fully saturated rings. The molecule has 0 N–H and O–H groups in total. The molecule has 0 aromatic heterocycles. The maximum Gasteiger partial charge on any atom is 0.248 e. The normalized spacial score (nSPS) is 12.1. The van der Waals surface area contributed by atoms with Gasteiger partial charge in [0.1, 0.15) is 6.04 Å². The molecule has 0 bridgehead atoms. The molecule has 1 unspecified atom stereocenters. The summed E-state index contributed by atoms with van der Waals surface area (Å²) in [7, 11) is 3.68. The summed E-state index contributed by atoms with van der Waals surface area (Å²) in [5.74, 6) is 0.0789. The van der Waals surface area contributed by atoms with Gasteiger partial charge in [0.2, 0.25) is 5.91 Å². The van der Waals surface area contributed by atoms with Gasteiger partial charge in [-0.15, -0.1) is 0 Å². The number of carbonyl (C=O) groups is 1. The molecule has 3 rings (SSSR count). The predicted molar refractivity (Wildman–Crippen MR) is 137 cm³/mol. The summed E-state index contributed by atoms with van der Waals surface area (Å²) in [4.78, 5) is 18.2. The molecule has 174 valence electrons.